The monoisotopic (exact) mass is 388 g/mol. The Bertz CT molecular complexity index is 749. The molecular formula is C8H14N4O10P2. The smallest absolute Gasteiger partial charge is 0.390 e. The average molecular weight is 388 g/mol. The van der Waals surface area contributed by atoms with E-state index in [1.807, 2.05) is 0 Å². The highest BCUT2D eigenvalue weighted by atomic mass is 31.3. The Labute approximate surface area is 133 Å². The summed E-state index contributed by atoms with van der Waals surface area (Å²) in [6.45, 7) is -0.726. The molecule has 2 heterocycles. The summed E-state index contributed by atoms with van der Waals surface area (Å²) >= 11 is 0. The first-order valence-electron chi connectivity index (χ1n) is 6.25. The molecule has 2 unspecified atom stereocenters. The minimum atomic E-state index is -5.25. The third-order valence-corrected chi connectivity index (χ3v) is 5.02. The van der Waals surface area contributed by atoms with Gasteiger partial charge >= 0.3 is 21.3 Å². The van der Waals surface area contributed by atoms with Crippen molar-refractivity contribution in [3.8, 4) is 0 Å². The Morgan fingerprint density at radius 1 is 1.42 bits per heavy atom. The van der Waals surface area contributed by atoms with E-state index in [1.165, 1.54) is 0 Å². The lowest BCUT2D eigenvalue weighted by atomic mass is 10.2. The van der Waals surface area contributed by atoms with E-state index in [9.17, 15) is 19.0 Å². The Hall–Kier alpha value is -1.21. The maximum Gasteiger partial charge on any atom is 0.481 e. The molecule has 0 spiro atoms. The molecule has 16 heteroatoms. The summed E-state index contributed by atoms with van der Waals surface area (Å²) in [7, 11) is -10.3. The molecule has 1 aromatic rings. The van der Waals surface area contributed by atoms with Crippen LogP contribution in [0.25, 0.3) is 0 Å². The van der Waals surface area contributed by atoms with Crippen LogP contribution in [0.4, 0.5) is 5.95 Å². The van der Waals surface area contributed by atoms with Crippen molar-refractivity contribution in [2.75, 3.05) is 12.3 Å². The van der Waals surface area contributed by atoms with E-state index in [1.54, 1.807) is 0 Å². The zero-order valence-corrected chi connectivity index (χ0v) is 13.6. The van der Waals surface area contributed by atoms with Crippen LogP contribution in [0.5, 0.6) is 0 Å². The Kier molecular flexibility index (Phi) is 5.54. The fourth-order valence-corrected chi connectivity index (χ4v) is 3.51. The molecule has 4 atom stereocenters. The van der Waals surface area contributed by atoms with Crippen molar-refractivity contribution in [2.24, 2.45) is 0 Å². The number of hydrogen-bond donors (Lipinski definition) is 5. The number of aliphatic hydroxyl groups excluding tert-OH is 1. The van der Waals surface area contributed by atoms with Crippen LogP contribution in [0, 0.1) is 0 Å². The number of nitrogens with two attached hydrogens (primary N) is 1. The van der Waals surface area contributed by atoms with E-state index in [0.717, 1.165) is 10.9 Å². The lowest BCUT2D eigenvalue weighted by Gasteiger charge is -2.18. The molecule has 14 nitrogen and oxygen atoms in total. The van der Waals surface area contributed by atoms with Crippen molar-refractivity contribution in [2.45, 2.75) is 24.9 Å². The molecule has 1 fully saturated rings. The van der Waals surface area contributed by atoms with Crippen LogP contribution >= 0.6 is 15.6 Å². The quantitative estimate of drug-likeness (QED) is 0.337. The number of aliphatic hydroxyl groups is 1. The number of aromatic nitrogens is 3. The fourth-order valence-electron chi connectivity index (χ4n) is 1.91. The third-order valence-electron chi connectivity index (χ3n) is 2.87. The van der Waals surface area contributed by atoms with Gasteiger partial charge in [-0.2, -0.15) is 9.29 Å². The zero-order valence-electron chi connectivity index (χ0n) is 11.8. The van der Waals surface area contributed by atoms with Gasteiger partial charge in [-0.1, -0.05) is 0 Å². The van der Waals surface area contributed by atoms with Gasteiger partial charge in [0.2, 0.25) is 5.95 Å². The predicted octanol–water partition coefficient (Wildman–Crippen LogP) is -1.90. The van der Waals surface area contributed by atoms with E-state index in [-0.39, 0.29) is 12.4 Å². The van der Waals surface area contributed by atoms with Crippen molar-refractivity contribution in [3.05, 3.63) is 16.8 Å². The summed E-state index contributed by atoms with van der Waals surface area (Å²) < 4.78 is 36.1. The van der Waals surface area contributed by atoms with Gasteiger partial charge in [0.15, 0.2) is 0 Å². The molecule has 0 saturated carbocycles. The molecule has 1 aliphatic rings. The van der Waals surface area contributed by atoms with E-state index in [2.05, 4.69) is 18.8 Å². The topological polar surface area (TPSA) is 217 Å². The van der Waals surface area contributed by atoms with Gasteiger partial charge in [0, 0.05) is 6.42 Å². The summed E-state index contributed by atoms with van der Waals surface area (Å²) in [4.78, 5) is 44.7. The fraction of sp³-hybridized carbons (Fsp3) is 0.625. The summed E-state index contributed by atoms with van der Waals surface area (Å²) in [5.41, 5.74) is 4.47. The van der Waals surface area contributed by atoms with Crippen LogP contribution in [0.2, 0.25) is 0 Å². The van der Waals surface area contributed by atoms with Crippen molar-refractivity contribution >= 4 is 21.6 Å². The molecular weight excluding hydrogens is 374 g/mol. The molecule has 24 heavy (non-hydrogen) atoms. The molecule has 2 rings (SSSR count). The standard InChI is InChI=1S/C8H14N4O10P2/c9-7-10-3-12(8(14)11-7)6-1-4(13)5(21-6)2-20-24(18,19)22-23(15,16)17/h3-6,13H,1-2H2,(H,18,19)(H2,9,11,14)(H2,15,16,17)/t4?,5-,6-/m1/s1. The molecule has 1 aliphatic heterocycles. The van der Waals surface area contributed by atoms with Gasteiger partial charge in [-0.3, -0.25) is 9.09 Å². The number of nitrogen functional groups attached to an aromatic ring is 1. The average Bonchev–Trinajstić information content (AvgIpc) is 2.75. The van der Waals surface area contributed by atoms with E-state index in [4.69, 9.17) is 25.2 Å². The molecule has 6 N–H and O–H groups in total. The number of rotatable bonds is 6. The summed E-state index contributed by atoms with van der Waals surface area (Å²) in [6, 6.07) is 0. The van der Waals surface area contributed by atoms with E-state index in [0.29, 0.717) is 0 Å². The molecule has 1 saturated heterocycles. The summed E-state index contributed by atoms with van der Waals surface area (Å²) in [5.74, 6) is -0.245. The van der Waals surface area contributed by atoms with Crippen LogP contribution in [0.3, 0.4) is 0 Å². The summed E-state index contributed by atoms with van der Waals surface area (Å²) in [5, 5.41) is 9.84. The highest BCUT2D eigenvalue weighted by Gasteiger charge is 2.39. The highest BCUT2D eigenvalue weighted by Crippen LogP contribution is 2.57. The molecule has 0 radical (unpaired) electrons. The van der Waals surface area contributed by atoms with Crippen LogP contribution in [0.15, 0.2) is 11.1 Å². The molecule has 0 aromatic carbocycles. The van der Waals surface area contributed by atoms with Crippen molar-refractivity contribution in [3.63, 3.8) is 0 Å². The largest absolute Gasteiger partial charge is 0.481 e. The molecule has 136 valence electrons. The van der Waals surface area contributed by atoms with Crippen molar-refractivity contribution in [1.29, 1.82) is 0 Å². The minimum absolute atomic E-state index is 0.0870. The Balaban J connectivity index is 2.00. The van der Waals surface area contributed by atoms with Gasteiger partial charge in [0.25, 0.3) is 0 Å². The molecule has 0 aliphatic carbocycles. The van der Waals surface area contributed by atoms with Crippen LogP contribution in [-0.2, 0) is 22.7 Å². The molecule has 0 bridgehead atoms. The van der Waals surface area contributed by atoms with Crippen molar-refractivity contribution < 1.29 is 42.5 Å². The highest BCUT2D eigenvalue weighted by molar-refractivity contribution is 7.60. The lowest BCUT2D eigenvalue weighted by Crippen LogP contribution is -2.29. The Morgan fingerprint density at radius 3 is 2.67 bits per heavy atom. The maximum atomic E-state index is 11.7. The first-order chi connectivity index (χ1) is 11.0. The second-order valence-corrected chi connectivity index (χ2v) is 7.50. The van der Waals surface area contributed by atoms with Gasteiger partial charge in [-0.15, -0.1) is 0 Å². The van der Waals surface area contributed by atoms with E-state index < -0.39 is 46.4 Å². The predicted molar refractivity (Wildman–Crippen MR) is 74.1 cm³/mol. The van der Waals surface area contributed by atoms with Gasteiger partial charge in [0.1, 0.15) is 18.7 Å². The van der Waals surface area contributed by atoms with Gasteiger partial charge in [-0.25, -0.2) is 18.9 Å². The zero-order chi connectivity index (χ0) is 18.1. The summed E-state index contributed by atoms with van der Waals surface area (Å²) in [6.07, 6.45) is -2.38. The number of nitrogens with zero attached hydrogens (tertiary/aromatic N) is 3. The third kappa shape index (κ3) is 5.14. The van der Waals surface area contributed by atoms with Crippen molar-refractivity contribution in [1.82, 2.24) is 14.5 Å². The van der Waals surface area contributed by atoms with Gasteiger partial charge in [-0.05, 0) is 0 Å². The van der Waals surface area contributed by atoms with Crippen LogP contribution < -0.4 is 11.4 Å². The number of anilines is 1. The minimum Gasteiger partial charge on any atom is -0.390 e. The number of phosphoric acid groups is 2. The molecule has 1 aromatic heterocycles. The molecule has 0 amide bonds. The number of hydrogen-bond acceptors (Lipinski definition) is 10. The first-order valence-corrected chi connectivity index (χ1v) is 9.28. The maximum absolute atomic E-state index is 11.7. The second-order valence-electron chi connectivity index (χ2n) is 4.67. The van der Waals surface area contributed by atoms with E-state index >= 15 is 0 Å². The second kappa shape index (κ2) is 6.96. The first kappa shape index (κ1) is 19.1. The normalized spacial score (nSPS) is 27.1. The number of ether oxygens (including phenoxy) is 1. The lowest BCUT2D eigenvalue weighted by molar-refractivity contribution is -0.0453. The van der Waals surface area contributed by atoms with Crippen LogP contribution in [-0.4, -0.2) is 53.1 Å². The van der Waals surface area contributed by atoms with Gasteiger partial charge < -0.3 is 30.3 Å². The van der Waals surface area contributed by atoms with Crippen LogP contribution in [0.1, 0.15) is 12.6 Å². The SMILES string of the molecule is Nc1ncn([C@H]2CC(O)[C@@H](COP(=O)(O)OP(=O)(O)O)O2)c(=O)n1. The Morgan fingerprint density at radius 2 is 2.08 bits per heavy atom. The number of phosphoric ester groups is 1. The van der Waals surface area contributed by atoms with Gasteiger partial charge in [0.05, 0.1) is 12.7 Å².